The van der Waals surface area contributed by atoms with Gasteiger partial charge in [0.25, 0.3) is 0 Å². The molecule has 0 spiro atoms. The Bertz CT molecular complexity index is 679. The van der Waals surface area contributed by atoms with Crippen LogP contribution in [0.5, 0.6) is 0 Å². The van der Waals surface area contributed by atoms with Crippen LogP contribution in [0, 0.1) is 5.82 Å². The maximum Gasteiger partial charge on any atom is 0.221 e. The van der Waals surface area contributed by atoms with Crippen molar-refractivity contribution < 1.29 is 9.18 Å². The summed E-state index contributed by atoms with van der Waals surface area (Å²) >= 11 is 11.8. The molecule has 3 nitrogen and oxygen atoms in total. The maximum atomic E-state index is 13.4. The van der Waals surface area contributed by atoms with Gasteiger partial charge in [0.15, 0.2) is 0 Å². The first kappa shape index (κ1) is 17.6. The molecule has 0 heterocycles. The number of amides is 1. The van der Waals surface area contributed by atoms with Crippen LogP contribution in [0.15, 0.2) is 42.5 Å². The number of anilines is 1. The van der Waals surface area contributed by atoms with Gasteiger partial charge in [-0.3, -0.25) is 4.79 Å². The van der Waals surface area contributed by atoms with Crippen LogP contribution < -0.4 is 10.6 Å². The van der Waals surface area contributed by atoms with E-state index >= 15 is 0 Å². The van der Waals surface area contributed by atoms with Gasteiger partial charge in [0.2, 0.25) is 5.91 Å². The molecular formula is C17H17Cl2FN2O. The smallest absolute Gasteiger partial charge is 0.221 e. The van der Waals surface area contributed by atoms with Crippen LogP contribution in [0.2, 0.25) is 10.0 Å². The Morgan fingerprint density at radius 2 is 1.87 bits per heavy atom. The fourth-order valence-corrected chi connectivity index (χ4v) is 2.54. The Labute approximate surface area is 144 Å². The topological polar surface area (TPSA) is 41.1 Å². The van der Waals surface area contributed by atoms with Crippen molar-refractivity contribution in [3.05, 3.63) is 63.9 Å². The van der Waals surface area contributed by atoms with Crippen molar-refractivity contribution in [1.29, 1.82) is 0 Å². The molecule has 0 unspecified atom stereocenters. The SMILES string of the molecule is O=C(CCNc1ccc(Cl)cc1Cl)NCCc1ccccc1F. The third-order valence-corrected chi connectivity index (χ3v) is 3.82. The summed E-state index contributed by atoms with van der Waals surface area (Å²) in [6, 6.07) is 11.7. The Balaban J connectivity index is 1.68. The molecule has 0 aliphatic rings. The van der Waals surface area contributed by atoms with Gasteiger partial charge >= 0.3 is 0 Å². The maximum absolute atomic E-state index is 13.4. The summed E-state index contributed by atoms with van der Waals surface area (Å²) in [4.78, 5) is 11.7. The molecule has 2 aromatic rings. The minimum absolute atomic E-state index is 0.0982. The lowest BCUT2D eigenvalue weighted by atomic mass is 10.1. The fourth-order valence-electron chi connectivity index (χ4n) is 2.07. The van der Waals surface area contributed by atoms with Crippen molar-refractivity contribution in [3.63, 3.8) is 0 Å². The van der Waals surface area contributed by atoms with E-state index in [1.54, 1.807) is 36.4 Å². The molecule has 0 radical (unpaired) electrons. The summed E-state index contributed by atoms with van der Waals surface area (Å²) < 4.78 is 13.4. The zero-order valence-electron chi connectivity index (χ0n) is 12.4. The highest BCUT2D eigenvalue weighted by molar-refractivity contribution is 6.36. The number of hydrogen-bond donors (Lipinski definition) is 2. The lowest BCUT2D eigenvalue weighted by Gasteiger charge is -2.09. The summed E-state index contributed by atoms with van der Waals surface area (Å²) in [5.41, 5.74) is 1.33. The first-order valence-corrected chi connectivity index (χ1v) is 8.01. The van der Waals surface area contributed by atoms with E-state index in [9.17, 15) is 9.18 Å². The number of rotatable bonds is 7. The minimum Gasteiger partial charge on any atom is -0.383 e. The van der Waals surface area contributed by atoms with E-state index in [4.69, 9.17) is 23.2 Å². The molecule has 0 fully saturated rings. The predicted octanol–water partition coefficient (Wildman–Crippen LogP) is 4.29. The Morgan fingerprint density at radius 1 is 1.09 bits per heavy atom. The molecule has 0 aliphatic carbocycles. The highest BCUT2D eigenvalue weighted by Crippen LogP contribution is 2.25. The van der Waals surface area contributed by atoms with Crippen LogP contribution in [0.4, 0.5) is 10.1 Å². The molecule has 0 atom stereocenters. The van der Waals surface area contributed by atoms with Crippen LogP contribution in [0.25, 0.3) is 0 Å². The average molecular weight is 355 g/mol. The standard InChI is InChI=1S/C17H17Cl2FN2O/c18-13-5-6-16(14(19)11-13)21-10-8-17(23)22-9-7-12-3-1-2-4-15(12)20/h1-6,11,21H,7-10H2,(H,22,23). The molecule has 122 valence electrons. The lowest BCUT2D eigenvalue weighted by molar-refractivity contribution is -0.120. The summed E-state index contributed by atoms with van der Waals surface area (Å²) in [7, 11) is 0. The van der Waals surface area contributed by atoms with Crippen LogP contribution >= 0.6 is 23.2 Å². The van der Waals surface area contributed by atoms with Crippen LogP contribution in [0.1, 0.15) is 12.0 Å². The van der Waals surface area contributed by atoms with Gasteiger partial charge in [-0.15, -0.1) is 0 Å². The predicted molar refractivity (Wildman–Crippen MR) is 92.7 cm³/mol. The van der Waals surface area contributed by atoms with Gasteiger partial charge in [-0.05, 0) is 36.2 Å². The summed E-state index contributed by atoms with van der Waals surface area (Å²) in [5.74, 6) is -0.347. The Hall–Kier alpha value is -1.78. The average Bonchev–Trinajstić information content (AvgIpc) is 2.51. The molecule has 2 N–H and O–H groups in total. The first-order chi connectivity index (χ1) is 11.1. The molecule has 0 aliphatic heterocycles. The van der Waals surface area contributed by atoms with Gasteiger partial charge in [-0.25, -0.2) is 4.39 Å². The van der Waals surface area contributed by atoms with Gasteiger partial charge < -0.3 is 10.6 Å². The van der Waals surface area contributed by atoms with E-state index in [2.05, 4.69) is 10.6 Å². The van der Waals surface area contributed by atoms with E-state index in [1.807, 2.05) is 0 Å². The summed E-state index contributed by atoms with van der Waals surface area (Å²) in [6.45, 7) is 0.856. The number of benzene rings is 2. The number of halogens is 3. The number of carbonyl (C=O) groups is 1. The van der Waals surface area contributed by atoms with Crippen LogP contribution in [-0.2, 0) is 11.2 Å². The fraction of sp³-hybridized carbons (Fsp3) is 0.235. The van der Waals surface area contributed by atoms with Gasteiger partial charge in [0, 0.05) is 24.5 Å². The highest BCUT2D eigenvalue weighted by Gasteiger charge is 2.05. The molecule has 0 aromatic heterocycles. The number of nitrogens with one attached hydrogen (secondary N) is 2. The lowest BCUT2D eigenvalue weighted by Crippen LogP contribution is -2.27. The van der Waals surface area contributed by atoms with Crippen LogP contribution in [-0.4, -0.2) is 19.0 Å². The van der Waals surface area contributed by atoms with Gasteiger partial charge in [0.1, 0.15) is 5.82 Å². The third kappa shape index (κ3) is 5.73. The molecule has 2 rings (SSSR count). The highest BCUT2D eigenvalue weighted by atomic mass is 35.5. The molecule has 6 heteroatoms. The molecular weight excluding hydrogens is 338 g/mol. The molecule has 1 amide bonds. The number of carbonyl (C=O) groups excluding carboxylic acids is 1. The summed E-state index contributed by atoms with van der Waals surface area (Å²) in [6.07, 6.45) is 0.769. The second-order valence-electron chi connectivity index (χ2n) is 4.99. The zero-order valence-corrected chi connectivity index (χ0v) is 13.9. The van der Waals surface area contributed by atoms with E-state index in [0.717, 1.165) is 5.69 Å². The first-order valence-electron chi connectivity index (χ1n) is 7.25. The molecule has 0 saturated heterocycles. The van der Waals surface area contributed by atoms with Crippen molar-refractivity contribution in [2.45, 2.75) is 12.8 Å². The van der Waals surface area contributed by atoms with E-state index in [1.165, 1.54) is 6.07 Å². The molecule has 0 saturated carbocycles. The summed E-state index contributed by atoms with van der Waals surface area (Å²) in [5, 5.41) is 6.92. The molecule has 2 aromatic carbocycles. The second kappa shape index (κ2) is 8.75. The zero-order chi connectivity index (χ0) is 16.7. The quantitative estimate of drug-likeness (QED) is 0.778. The van der Waals surface area contributed by atoms with Crippen LogP contribution in [0.3, 0.4) is 0 Å². The van der Waals surface area contributed by atoms with Crippen molar-refractivity contribution in [2.24, 2.45) is 0 Å². The minimum atomic E-state index is -0.249. The van der Waals surface area contributed by atoms with Gasteiger partial charge in [0.05, 0.1) is 10.7 Å². The largest absolute Gasteiger partial charge is 0.383 e. The normalized spacial score (nSPS) is 10.4. The van der Waals surface area contributed by atoms with Crippen molar-refractivity contribution in [3.8, 4) is 0 Å². The number of hydrogen-bond acceptors (Lipinski definition) is 2. The second-order valence-corrected chi connectivity index (χ2v) is 5.84. The van der Waals surface area contributed by atoms with Crippen molar-refractivity contribution in [2.75, 3.05) is 18.4 Å². The molecule has 0 bridgehead atoms. The van der Waals surface area contributed by atoms with E-state index < -0.39 is 0 Å². The van der Waals surface area contributed by atoms with Crippen molar-refractivity contribution in [1.82, 2.24) is 5.32 Å². The van der Waals surface area contributed by atoms with E-state index in [0.29, 0.717) is 41.5 Å². The van der Waals surface area contributed by atoms with Gasteiger partial charge in [-0.1, -0.05) is 41.4 Å². The van der Waals surface area contributed by atoms with Gasteiger partial charge in [-0.2, -0.15) is 0 Å². The van der Waals surface area contributed by atoms with Crippen molar-refractivity contribution >= 4 is 34.8 Å². The molecule has 23 heavy (non-hydrogen) atoms. The Morgan fingerprint density at radius 3 is 2.61 bits per heavy atom. The third-order valence-electron chi connectivity index (χ3n) is 3.27. The Kier molecular flexibility index (Phi) is 6.68. The monoisotopic (exact) mass is 354 g/mol. The van der Waals surface area contributed by atoms with E-state index in [-0.39, 0.29) is 11.7 Å².